The zero-order valence-corrected chi connectivity index (χ0v) is 22.2. The minimum Gasteiger partial charge on any atom is -0.550 e. The molecule has 0 amide bonds. The van der Waals surface area contributed by atoms with Crippen LogP contribution in [-0.4, -0.2) is 37.9 Å². The third kappa shape index (κ3) is 7.56. The second-order valence-electron chi connectivity index (χ2n) is 9.14. The van der Waals surface area contributed by atoms with Crippen molar-refractivity contribution in [2.75, 3.05) is 0 Å². The van der Waals surface area contributed by atoms with Crippen molar-refractivity contribution in [2.24, 2.45) is 0 Å². The number of halogens is 2. The number of hydrogen-bond acceptors (Lipinski definition) is 5. The number of rotatable bonds is 8. The number of aliphatic hydroxyl groups is 2. The van der Waals surface area contributed by atoms with E-state index in [-0.39, 0.29) is 41.8 Å². The summed E-state index contributed by atoms with van der Waals surface area (Å²) in [6.45, 7) is 5.88. The van der Waals surface area contributed by atoms with Crippen molar-refractivity contribution >= 4 is 12.2 Å². The van der Waals surface area contributed by atoms with Gasteiger partial charge in [-0.2, -0.15) is 0 Å². The molecule has 180 valence electrons. The number of carbonyl (C=O) groups is 1. The number of benzene rings is 2. The van der Waals surface area contributed by atoms with E-state index < -0.39 is 35.8 Å². The molecule has 0 saturated carbocycles. The van der Waals surface area contributed by atoms with E-state index in [1.807, 2.05) is 20.8 Å². The predicted molar refractivity (Wildman–Crippen MR) is 123 cm³/mol. The van der Waals surface area contributed by atoms with E-state index in [4.69, 9.17) is 4.98 Å². The van der Waals surface area contributed by atoms with Crippen LogP contribution < -0.4 is 34.7 Å². The second kappa shape index (κ2) is 12.1. The summed E-state index contributed by atoms with van der Waals surface area (Å²) in [5.74, 6) is -1.57. The van der Waals surface area contributed by atoms with Crippen LogP contribution in [0.15, 0.2) is 54.6 Å². The van der Waals surface area contributed by atoms with E-state index in [0.717, 1.165) is 0 Å². The average Bonchev–Trinajstić information content (AvgIpc) is 3.12. The molecular formula is C26H27F2N2NaO4. The third-order valence-corrected chi connectivity index (χ3v) is 5.19. The third-order valence-electron chi connectivity index (χ3n) is 5.19. The maximum absolute atomic E-state index is 13.7. The number of aliphatic carboxylic acids is 1. The molecule has 9 heteroatoms. The fraction of sp³-hybridized carbons (Fsp3) is 0.308. The number of carboxylic acid groups (broad SMARTS) is 1. The van der Waals surface area contributed by atoms with E-state index in [1.165, 1.54) is 30.3 Å². The Bertz CT molecular complexity index is 1170. The first-order chi connectivity index (χ1) is 16.0. The van der Waals surface area contributed by atoms with Gasteiger partial charge in [0.05, 0.1) is 23.6 Å². The molecule has 0 unspecified atom stereocenters. The number of aliphatic hydroxyl groups excluding tert-OH is 2. The first kappa shape index (κ1) is 28.9. The van der Waals surface area contributed by atoms with E-state index in [2.05, 4.69) is 0 Å². The summed E-state index contributed by atoms with van der Waals surface area (Å²) in [6, 6.07) is 11.7. The summed E-state index contributed by atoms with van der Waals surface area (Å²) in [4.78, 5) is 15.5. The number of carboxylic acids is 1. The van der Waals surface area contributed by atoms with Gasteiger partial charge >= 0.3 is 29.6 Å². The molecule has 2 N–H and O–H groups in total. The van der Waals surface area contributed by atoms with Gasteiger partial charge in [-0.25, -0.2) is 13.8 Å². The standard InChI is InChI=1S/C26H28F2N2O4.Na/c1-26(2,3)25-29-23(16-4-8-18(27)9-5-16)24(17-6-10-19(28)11-7-17)30(25)13-12-20(31)14-21(32)15-22(33)34;/h4-13,20-21,31-32H,14-15H2,1-3H3,(H,33,34);/q;+1/p-1/b13-12+;/t20-,21-;/m1./s1. The number of carbonyl (C=O) groups excluding carboxylic acids is 1. The first-order valence-corrected chi connectivity index (χ1v) is 10.8. The van der Waals surface area contributed by atoms with Crippen molar-refractivity contribution in [3.63, 3.8) is 0 Å². The molecule has 0 saturated heterocycles. The Morgan fingerprint density at radius 2 is 1.54 bits per heavy atom. The summed E-state index contributed by atoms with van der Waals surface area (Å²) in [6.07, 6.45) is -0.160. The smallest absolute Gasteiger partial charge is 0.550 e. The van der Waals surface area contributed by atoms with Gasteiger partial charge in [-0.3, -0.25) is 0 Å². The molecule has 0 aliphatic heterocycles. The maximum atomic E-state index is 13.7. The zero-order valence-electron chi connectivity index (χ0n) is 20.2. The summed E-state index contributed by atoms with van der Waals surface area (Å²) < 4.78 is 29.0. The molecule has 2 atom stereocenters. The zero-order chi connectivity index (χ0) is 25.0. The molecule has 0 spiro atoms. The van der Waals surface area contributed by atoms with E-state index in [0.29, 0.717) is 28.3 Å². The largest absolute Gasteiger partial charge is 1.00 e. The molecule has 3 rings (SSSR count). The van der Waals surface area contributed by atoms with Gasteiger partial charge in [0, 0.05) is 41.6 Å². The molecule has 1 heterocycles. The van der Waals surface area contributed by atoms with Gasteiger partial charge in [-0.15, -0.1) is 0 Å². The van der Waals surface area contributed by atoms with E-state index in [9.17, 15) is 28.9 Å². The molecule has 2 aromatic carbocycles. The molecule has 0 aliphatic rings. The van der Waals surface area contributed by atoms with Crippen molar-refractivity contribution in [3.8, 4) is 22.5 Å². The van der Waals surface area contributed by atoms with Gasteiger partial charge in [0.1, 0.15) is 17.5 Å². The van der Waals surface area contributed by atoms with Crippen LogP contribution in [0.5, 0.6) is 0 Å². The molecule has 3 aromatic rings. The van der Waals surface area contributed by atoms with Gasteiger partial charge in [-0.1, -0.05) is 20.8 Å². The number of hydrogen-bond donors (Lipinski definition) is 2. The van der Waals surface area contributed by atoms with Crippen molar-refractivity contribution in [3.05, 3.63) is 72.1 Å². The fourth-order valence-corrected chi connectivity index (χ4v) is 3.62. The van der Waals surface area contributed by atoms with Crippen LogP contribution >= 0.6 is 0 Å². The molecule has 0 fully saturated rings. The summed E-state index contributed by atoms with van der Waals surface area (Å²) in [7, 11) is 0. The molecule has 0 aliphatic carbocycles. The Kier molecular flexibility index (Phi) is 9.94. The minimum atomic E-state index is -1.41. The topological polar surface area (TPSA) is 98.4 Å². The Morgan fingerprint density at radius 3 is 2.03 bits per heavy atom. The van der Waals surface area contributed by atoms with Crippen LogP contribution in [0.4, 0.5) is 8.78 Å². The second-order valence-corrected chi connectivity index (χ2v) is 9.14. The van der Waals surface area contributed by atoms with E-state index >= 15 is 0 Å². The van der Waals surface area contributed by atoms with Crippen LogP contribution in [0.25, 0.3) is 28.7 Å². The summed E-state index contributed by atoms with van der Waals surface area (Å²) >= 11 is 0. The predicted octanol–water partition coefficient (Wildman–Crippen LogP) is 0.519. The minimum absolute atomic E-state index is 0. The molecular weight excluding hydrogens is 465 g/mol. The van der Waals surface area contributed by atoms with Crippen LogP contribution in [0.2, 0.25) is 0 Å². The maximum Gasteiger partial charge on any atom is 1.00 e. The van der Waals surface area contributed by atoms with Crippen molar-refractivity contribution < 1.29 is 58.5 Å². The van der Waals surface area contributed by atoms with Gasteiger partial charge in [0.2, 0.25) is 0 Å². The monoisotopic (exact) mass is 492 g/mol. The van der Waals surface area contributed by atoms with Crippen molar-refractivity contribution in [1.82, 2.24) is 9.55 Å². The number of aromatic nitrogens is 2. The van der Waals surface area contributed by atoms with Gasteiger partial charge in [0.25, 0.3) is 0 Å². The molecule has 1 aromatic heterocycles. The van der Waals surface area contributed by atoms with Crippen LogP contribution in [-0.2, 0) is 10.2 Å². The average molecular weight is 492 g/mol. The SMILES string of the molecule is CC(C)(C)c1nc(-c2ccc(F)cc2)c(-c2ccc(F)cc2)n1/C=C/[C@@H](O)C[C@@H](O)CC(=O)[O-].[Na+]. The van der Waals surface area contributed by atoms with Gasteiger partial charge < -0.3 is 24.7 Å². The fourth-order valence-electron chi connectivity index (χ4n) is 3.62. The molecule has 0 radical (unpaired) electrons. The Hall–Kier alpha value is -2.36. The Morgan fingerprint density at radius 1 is 1.03 bits per heavy atom. The van der Waals surface area contributed by atoms with Crippen molar-refractivity contribution in [2.45, 2.75) is 51.2 Å². The number of imidazole rings is 1. The molecule has 35 heavy (non-hydrogen) atoms. The van der Waals surface area contributed by atoms with Crippen LogP contribution in [0, 0.1) is 11.6 Å². The van der Waals surface area contributed by atoms with Crippen molar-refractivity contribution in [1.29, 1.82) is 0 Å². The summed E-state index contributed by atoms with van der Waals surface area (Å²) in [5.41, 5.74) is 2.02. The molecule has 0 bridgehead atoms. The van der Waals surface area contributed by atoms with Crippen LogP contribution in [0.3, 0.4) is 0 Å². The Balaban J connectivity index is 0.00000432. The number of nitrogens with zero attached hydrogens (tertiary/aromatic N) is 2. The molecule has 6 nitrogen and oxygen atoms in total. The quantitative estimate of drug-likeness (QED) is 0.447. The van der Waals surface area contributed by atoms with Gasteiger partial charge in [-0.05, 0) is 54.6 Å². The van der Waals surface area contributed by atoms with Gasteiger partial charge in [0.15, 0.2) is 0 Å². The Labute approximate surface area is 225 Å². The summed E-state index contributed by atoms with van der Waals surface area (Å²) in [5, 5.41) is 30.8. The van der Waals surface area contributed by atoms with E-state index in [1.54, 1.807) is 35.0 Å². The van der Waals surface area contributed by atoms with Crippen LogP contribution in [0.1, 0.15) is 39.4 Å². The first-order valence-electron chi connectivity index (χ1n) is 10.8. The normalized spacial score (nSPS) is 13.5.